The summed E-state index contributed by atoms with van der Waals surface area (Å²) < 4.78 is 1.78. The van der Waals surface area contributed by atoms with Crippen LogP contribution in [0.2, 0.25) is 5.15 Å². The van der Waals surface area contributed by atoms with Crippen LogP contribution in [0.25, 0.3) is 6.08 Å². The number of aryl methyl sites for hydroxylation is 1. The number of allylic oxidation sites excluding steroid dienone is 1. The standard InChI is InChI=1S/C18H19ClN2O2/c1-10(2)9-21-18(19)14(11(3)20-21)7-12-8-15-13(17(12)23)5-4-6-16(15)22/h4-7,10,22H,8-9H2,1-3H3. The first kappa shape index (κ1) is 15.8. The Morgan fingerprint density at radius 1 is 1.43 bits per heavy atom. The summed E-state index contributed by atoms with van der Waals surface area (Å²) in [7, 11) is 0. The van der Waals surface area contributed by atoms with Crippen molar-refractivity contribution in [3.8, 4) is 5.75 Å². The van der Waals surface area contributed by atoms with Crippen LogP contribution in [-0.2, 0) is 13.0 Å². The van der Waals surface area contributed by atoms with Crippen LogP contribution in [0.3, 0.4) is 0 Å². The maximum atomic E-state index is 12.5. The van der Waals surface area contributed by atoms with Gasteiger partial charge in [0.05, 0.1) is 5.69 Å². The fraction of sp³-hybridized carbons (Fsp3) is 0.333. The molecule has 5 heteroatoms. The van der Waals surface area contributed by atoms with Gasteiger partial charge in [0.1, 0.15) is 10.9 Å². The van der Waals surface area contributed by atoms with E-state index in [1.165, 1.54) is 0 Å². The Balaban J connectivity index is 2.00. The van der Waals surface area contributed by atoms with Crippen LogP contribution < -0.4 is 0 Å². The third-order valence-electron chi connectivity index (χ3n) is 4.02. The van der Waals surface area contributed by atoms with Crippen LogP contribution in [0, 0.1) is 12.8 Å². The largest absolute Gasteiger partial charge is 0.508 e. The first-order valence-electron chi connectivity index (χ1n) is 7.67. The number of halogens is 1. The number of hydrogen-bond acceptors (Lipinski definition) is 3. The van der Waals surface area contributed by atoms with Gasteiger partial charge in [0.2, 0.25) is 0 Å². The molecular formula is C18H19ClN2O2. The molecule has 0 unspecified atom stereocenters. The van der Waals surface area contributed by atoms with Crippen LogP contribution in [0.1, 0.15) is 41.0 Å². The highest BCUT2D eigenvalue weighted by Gasteiger charge is 2.27. The molecular weight excluding hydrogens is 312 g/mol. The summed E-state index contributed by atoms with van der Waals surface area (Å²) in [4.78, 5) is 12.5. The van der Waals surface area contributed by atoms with Gasteiger partial charge in [0.25, 0.3) is 0 Å². The van der Waals surface area contributed by atoms with Crippen molar-refractivity contribution in [3.63, 3.8) is 0 Å². The molecule has 0 amide bonds. The lowest BCUT2D eigenvalue weighted by molar-refractivity contribution is 0.104. The molecule has 2 aromatic rings. The Labute approximate surface area is 140 Å². The van der Waals surface area contributed by atoms with Crippen molar-refractivity contribution in [2.24, 2.45) is 5.92 Å². The molecule has 1 aromatic carbocycles. The topological polar surface area (TPSA) is 55.1 Å². The number of carbonyl (C=O) groups is 1. The highest BCUT2D eigenvalue weighted by molar-refractivity contribution is 6.31. The average molecular weight is 331 g/mol. The van der Waals surface area contributed by atoms with Gasteiger partial charge in [0, 0.05) is 35.2 Å². The van der Waals surface area contributed by atoms with Gasteiger partial charge >= 0.3 is 0 Å². The Kier molecular flexibility index (Phi) is 4.02. The van der Waals surface area contributed by atoms with E-state index in [2.05, 4.69) is 18.9 Å². The Bertz CT molecular complexity index is 819. The number of ketones is 1. The molecule has 1 N–H and O–H groups in total. The third-order valence-corrected chi connectivity index (χ3v) is 4.42. The van der Waals surface area contributed by atoms with Crippen LogP contribution in [-0.4, -0.2) is 20.7 Å². The van der Waals surface area contributed by atoms with Gasteiger partial charge in [-0.2, -0.15) is 5.10 Å². The molecule has 0 radical (unpaired) electrons. The number of benzene rings is 1. The van der Waals surface area contributed by atoms with E-state index in [0.29, 0.717) is 34.2 Å². The van der Waals surface area contributed by atoms with Gasteiger partial charge in [-0.3, -0.25) is 9.48 Å². The van der Waals surface area contributed by atoms with Crippen LogP contribution in [0.4, 0.5) is 0 Å². The SMILES string of the molecule is Cc1nn(CC(C)C)c(Cl)c1C=C1Cc2c(O)cccc2C1=O. The van der Waals surface area contributed by atoms with Gasteiger partial charge in [-0.1, -0.05) is 37.6 Å². The van der Waals surface area contributed by atoms with Crippen molar-refractivity contribution in [2.45, 2.75) is 33.7 Å². The normalized spacial score (nSPS) is 15.7. The monoisotopic (exact) mass is 330 g/mol. The Hall–Kier alpha value is -2.07. The highest BCUT2D eigenvalue weighted by atomic mass is 35.5. The van der Waals surface area contributed by atoms with Gasteiger partial charge in [0.15, 0.2) is 5.78 Å². The molecule has 0 saturated heterocycles. The second kappa shape index (κ2) is 5.85. The number of aromatic hydroxyl groups is 1. The molecule has 0 spiro atoms. The minimum Gasteiger partial charge on any atom is -0.508 e. The quantitative estimate of drug-likeness (QED) is 0.864. The van der Waals surface area contributed by atoms with Gasteiger partial charge in [-0.15, -0.1) is 0 Å². The molecule has 1 aliphatic carbocycles. The predicted octanol–water partition coefficient (Wildman–Crippen LogP) is 4.03. The number of Topliss-reactive ketones (excluding diaryl/α,β-unsaturated/α-hetero) is 1. The summed E-state index contributed by atoms with van der Waals surface area (Å²) in [6, 6.07) is 5.04. The fourth-order valence-corrected chi connectivity index (χ4v) is 3.20. The number of aromatic nitrogens is 2. The molecule has 0 atom stereocenters. The first-order chi connectivity index (χ1) is 10.9. The Morgan fingerprint density at radius 2 is 2.17 bits per heavy atom. The molecule has 1 aliphatic rings. The van der Waals surface area contributed by atoms with E-state index in [1.807, 2.05) is 13.0 Å². The van der Waals surface area contributed by atoms with Crippen molar-refractivity contribution in [1.82, 2.24) is 9.78 Å². The van der Waals surface area contributed by atoms with Gasteiger partial charge < -0.3 is 5.11 Å². The zero-order valence-corrected chi connectivity index (χ0v) is 14.2. The fourth-order valence-electron chi connectivity index (χ4n) is 2.91. The number of rotatable bonds is 3. The minimum atomic E-state index is -0.0528. The molecule has 0 saturated carbocycles. The molecule has 0 fully saturated rings. The van der Waals surface area contributed by atoms with Crippen molar-refractivity contribution in [2.75, 3.05) is 0 Å². The number of phenols is 1. The van der Waals surface area contributed by atoms with E-state index in [-0.39, 0.29) is 11.5 Å². The molecule has 23 heavy (non-hydrogen) atoms. The number of fused-ring (bicyclic) bond motifs is 1. The maximum Gasteiger partial charge on any atom is 0.189 e. The minimum absolute atomic E-state index is 0.0528. The van der Waals surface area contributed by atoms with Crippen molar-refractivity contribution in [1.29, 1.82) is 0 Å². The molecule has 4 nitrogen and oxygen atoms in total. The zero-order chi connectivity index (χ0) is 16.7. The van der Waals surface area contributed by atoms with Crippen LogP contribution >= 0.6 is 11.6 Å². The average Bonchev–Trinajstić information content (AvgIpc) is 2.93. The highest BCUT2D eigenvalue weighted by Crippen LogP contribution is 2.34. The summed E-state index contributed by atoms with van der Waals surface area (Å²) in [6.45, 7) is 6.83. The molecule has 1 heterocycles. The number of hydrogen-bond donors (Lipinski definition) is 1. The first-order valence-corrected chi connectivity index (χ1v) is 8.05. The van der Waals surface area contributed by atoms with E-state index in [4.69, 9.17) is 11.6 Å². The summed E-state index contributed by atoms with van der Waals surface area (Å²) in [5.41, 5.74) is 3.47. The van der Waals surface area contributed by atoms with Crippen molar-refractivity contribution in [3.05, 3.63) is 51.3 Å². The maximum absolute atomic E-state index is 12.5. The Morgan fingerprint density at radius 3 is 2.83 bits per heavy atom. The lowest BCUT2D eigenvalue weighted by Gasteiger charge is -2.05. The lowest BCUT2D eigenvalue weighted by Crippen LogP contribution is -2.06. The van der Waals surface area contributed by atoms with Crippen molar-refractivity contribution < 1.29 is 9.90 Å². The summed E-state index contributed by atoms with van der Waals surface area (Å²) in [5.74, 6) is 0.544. The second-order valence-corrected chi connectivity index (χ2v) is 6.70. The van der Waals surface area contributed by atoms with Gasteiger partial charge in [-0.25, -0.2) is 0 Å². The number of phenolic OH excluding ortho intramolecular Hbond substituents is 1. The van der Waals surface area contributed by atoms with E-state index in [9.17, 15) is 9.90 Å². The number of carbonyl (C=O) groups excluding carboxylic acids is 1. The van der Waals surface area contributed by atoms with E-state index in [0.717, 1.165) is 17.8 Å². The summed E-state index contributed by atoms with van der Waals surface area (Å²) in [6.07, 6.45) is 2.23. The molecule has 3 rings (SSSR count). The molecule has 0 aliphatic heterocycles. The van der Waals surface area contributed by atoms with Crippen LogP contribution in [0.15, 0.2) is 23.8 Å². The van der Waals surface area contributed by atoms with E-state index < -0.39 is 0 Å². The van der Waals surface area contributed by atoms with Crippen molar-refractivity contribution >= 4 is 23.5 Å². The zero-order valence-electron chi connectivity index (χ0n) is 13.4. The van der Waals surface area contributed by atoms with Gasteiger partial charge in [-0.05, 0) is 25.0 Å². The third kappa shape index (κ3) is 2.79. The smallest absolute Gasteiger partial charge is 0.189 e. The second-order valence-electron chi connectivity index (χ2n) is 6.34. The summed E-state index contributed by atoms with van der Waals surface area (Å²) >= 11 is 6.44. The number of nitrogens with zero attached hydrogens (tertiary/aromatic N) is 2. The summed E-state index contributed by atoms with van der Waals surface area (Å²) in [5, 5.41) is 14.9. The molecule has 1 aromatic heterocycles. The van der Waals surface area contributed by atoms with E-state index in [1.54, 1.807) is 22.9 Å². The lowest BCUT2D eigenvalue weighted by atomic mass is 10.1. The molecule has 120 valence electrons. The predicted molar refractivity (Wildman–Crippen MR) is 90.9 cm³/mol. The molecule has 0 bridgehead atoms. The van der Waals surface area contributed by atoms with Crippen LogP contribution in [0.5, 0.6) is 5.75 Å². The van der Waals surface area contributed by atoms with E-state index >= 15 is 0 Å².